The molecule has 1 fully saturated rings. The van der Waals surface area contributed by atoms with E-state index in [0.717, 1.165) is 29.4 Å². The summed E-state index contributed by atoms with van der Waals surface area (Å²) < 4.78 is 10.2. The van der Waals surface area contributed by atoms with Crippen molar-refractivity contribution in [3.05, 3.63) is 52.5 Å². The summed E-state index contributed by atoms with van der Waals surface area (Å²) in [5.41, 5.74) is 2.26. The number of carbonyl (C=O) groups is 2. The average Bonchev–Trinajstić information content (AvgIpc) is 3.43. The fraction of sp³-hybridized carbons (Fsp3) is 0.409. The lowest BCUT2D eigenvalue weighted by Gasteiger charge is -2.37. The maximum atomic E-state index is 13.0. The lowest BCUT2D eigenvalue weighted by atomic mass is 10.0. The summed E-state index contributed by atoms with van der Waals surface area (Å²) in [4.78, 5) is 32.4. The molecule has 10 heteroatoms. The van der Waals surface area contributed by atoms with E-state index in [1.165, 1.54) is 13.3 Å². The van der Waals surface area contributed by atoms with E-state index in [1.54, 1.807) is 16.8 Å². The first-order valence-corrected chi connectivity index (χ1v) is 10.8. The van der Waals surface area contributed by atoms with Crippen LogP contribution in [0.25, 0.3) is 10.9 Å². The van der Waals surface area contributed by atoms with Crippen molar-refractivity contribution in [3.63, 3.8) is 0 Å². The predicted molar refractivity (Wildman–Crippen MR) is 119 cm³/mol. The number of benzene rings is 1. The highest BCUT2D eigenvalue weighted by atomic mass is 35.5. The maximum Gasteiger partial charge on any atom is 0.317 e. The highest BCUT2D eigenvalue weighted by molar-refractivity contribution is 6.31. The number of H-pyrrole nitrogens is 1. The van der Waals surface area contributed by atoms with Crippen molar-refractivity contribution in [1.82, 2.24) is 25.3 Å². The summed E-state index contributed by atoms with van der Waals surface area (Å²) in [6.07, 6.45) is 3.05. The molecule has 2 aromatic heterocycles. The Morgan fingerprint density at radius 3 is 3.06 bits per heavy atom. The van der Waals surface area contributed by atoms with Crippen molar-refractivity contribution < 1.29 is 18.8 Å². The number of likely N-dealkylation sites (tertiary alicyclic amines) is 1. The van der Waals surface area contributed by atoms with Crippen molar-refractivity contribution in [2.45, 2.75) is 32.0 Å². The summed E-state index contributed by atoms with van der Waals surface area (Å²) in [6, 6.07) is 7.32. The molecule has 1 unspecified atom stereocenters. The molecule has 0 spiro atoms. The highest BCUT2D eigenvalue weighted by Gasteiger charge is 2.31. The van der Waals surface area contributed by atoms with Gasteiger partial charge >= 0.3 is 6.03 Å². The lowest BCUT2D eigenvalue weighted by molar-refractivity contribution is 0.0628. The van der Waals surface area contributed by atoms with Crippen LogP contribution >= 0.6 is 11.6 Å². The SMILES string of the molecule is COCc1oncc1C(=O)N1CCCC(N(C)C(=O)NCc2cc3cc(Cl)ccc3[nH]2)C1. The molecular weight excluding hydrogens is 434 g/mol. The van der Waals surface area contributed by atoms with Crippen LogP contribution in [0.1, 0.15) is 34.7 Å². The van der Waals surface area contributed by atoms with Gasteiger partial charge in [-0.15, -0.1) is 0 Å². The van der Waals surface area contributed by atoms with Crippen molar-refractivity contribution >= 4 is 34.4 Å². The molecule has 170 valence electrons. The number of carbonyl (C=O) groups excluding carboxylic acids is 2. The fourth-order valence-electron chi connectivity index (χ4n) is 4.02. The minimum Gasteiger partial charge on any atom is -0.377 e. The molecule has 3 aromatic rings. The van der Waals surface area contributed by atoms with Gasteiger partial charge in [0.15, 0.2) is 5.76 Å². The smallest absolute Gasteiger partial charge is 0.317 e. The summed E-state index contributed by atoms with van der Waals surface area (Å²) in [5.74, 6) is 0.249. The third-order valence-electron chi connectivity index (χ3n) is 5.77. The number of amides is 3. The van der Waals surface area contributed by atoms with Gasteiger partial charge in [0.1, 0.15) is 12.2 Å². The van der Waals surface area contributed by atoms with Crippen LogP contribution in [0.5, 0.6) is 0 Å². The predicted octanol–water partition coefficient (Wildman–Crippen LogP) is 3.40. The number of rotatable bonds is 6. The van der Waals surface area contributed by atoms with E-state index in [9.17, 15) is 9.59 Å². The van der Waals surface area contributed by atoms with Crippen molar-refractivity contribution in [2.24, 2.45) is 0 Å². The van der Waals surface area contributed by atoms with E-state index in [4.69, 9.17) is 20.9 Å². The summed E-state index contributed by atoms with van der Waals surface area (Å²) in [7, 11) is 3.29. The zero-order valence-electron chi connectivity index (χ0n) is 18.1. The van der Waals surface area contributed by atoms with Gasteiger partial charge in [-0.1, -0.05) is 16.8 Å². The van der Waals surface area contributed by atoms with Crippen LogP contribution in [0.4, 0.5) is 4.79 Å². The number of urea groups is 1. The molecule has 0 aliphatic carbocycles. The molecule has 0 saturated carbocycles. The zero-order chi connectivity index (χ0) is 22.7. The van der Waals surface area contributed by atoms with Crippen LogP contribution < -0.4 is 5.32 Å². The Bertz CT molecular complexity index is 1110. The molecule has 1 aliphatic rings. The number of halogens is 1. The van der Waals surface area contributed by atoms with Gasteiger partial charge in [-0.3, -0.25) is 4.79 Å². The molecular formula is C22H26ClN5O4. The molecule has 4 rings (SSSR count). The quantitative estimate of drug-likeness (QED) is 0.588. The molecule has 3 heterocycles. The number of fused-ring (bicyclic) bond motifs is 1. The molecule has 1 aromatic carbocycles. The standard InChI is InChI=1S/C22H26ClN5O4/c1-27(22(30)24-10-16-9-14-8-15(23)5-6-19(14)26-16)17-4-3-7-28(12-17)21(29)18-11-25-32-20(18)13-31-2/h5-6,8-9,11,17,26H,3-4,7,10,12-13H2,1-2H3,(H,24,30). The molecule has 32 heavy (non-hydrogen) atoms. The van der Waals surface area contributed by atoms with Gasteiger partial charge in [0.05, 0.1) is 18.8 Å². The van der Waals surface area contributed by atoms with Crippen molar-refractivity contribution in [1.29, 1.82) is 0 Å². The summed E-state index contributed by atoms with van der Waals surface area (Å²) in [5, 5.41) is 8.34. The van der Waals surface area contributed by atoms with Crippen LogP contribution in [-0.4, -0.2) is 65.2 Å². The molecule has 1 saturated heterocycles. The summed E-state index contributed by atoms with van der Waals surface area (Å²) in [6.45, 7) is 1.62. The highest BCUT2D eigenvalue weighted by Crippen LogP contribution is 2.21. The van der Waals surface area contributed by atoms with Gasteiger partial charge in [-0.25, -0.2) is 4.79 Å². The third-order valence-corrected chi connectivity index (χ3v) is 6.01. The second-order valence-corrected chi connectivity index (χ2v) is 8.38. The minimum absolute atomic E-state index is 0.0834. The molecule has 1 atom stereocenters. The minimum atomic E-state index is -0.189. The van der Waals surface area contributed by atoms with Gasteiger partial charge in [-0.2, -0.15) is 0 Å². The topological polar surface area (TPSA) is 104 Å². The first-order valence-electron chi connectivity index (χ1n) is 10.5. The van der Waals surface area contributed by atoms with Crippen LogP contribution in [-0.2, 0) is 17.9 Å². The number of nitrogens with zero attached hydrogens (tertiary/aromatic N) is 3. The number of methoxy groups -OCH3 is 1. The average molecular weight is 460 g/mol. The Labute approximate surface area is 190 Å². The first kappa shape index (κ1) is 22.2. The van der Waals surface area contributed by atoms with Gasteiger partial charge < -0.3 is 29.4 Å². The van der Waals surface area contributed by atoms with E-state index in [0.29, 0.717) is 36.0 Å². The zero-order valence-corrected chi connectivity index (χ0v) is 18.8. The van der Waals surface area contributed by atoms with Crippen LogP contribution in [0.3, 0.4) is 0 Å². The first-order chi connectivity index (χ1) is 15.5. The normalized spacial score (nSPS) is 16.3. The number of ether oxygens (including phenoxy) is 1. The van der Waals surface area contributed by atoms with Gasteiger partial charge in [0, 0.05) is 48.9 Å². The molecule has 0 bridgehead atoms. The number of hydrogen-bond acceptors (Lipinski definition) is 5. The third kappa shape index (κ3) is 4.73. The van der Waals surface area contributed by atoms with E-state index in [1.807, 2.05) is 24.3 Å². The van der Waals surface area contributed by atoms with E-state index in [-0.39, 0.29) is 24.6 Å². The Morgan fingerprint density at radius 1 is 1.41 bits per heavy atom. The lowest BCUT2D eigenvalue weighted by Crippen LogP contribution is -2.52. The molecule has 9 nitrogen and oxygen atoms in total. The van der Waals surface area contributed by atoms with E-state index in [2.05, 4.69) is 15.5 Å². The molecule has 2 N–H and O–H groups in total. The molecule has 0 radical (unpaired) electrons. The van der Waals surface area contributed by atoms with E-state index < -0.39 is 0 Å². The van der Waals surface area contributed by atoms with Gasteiger partial charge in [0.25, 0.3) is 5.91 Å². The number of piperidine rings is 1. The molecule has 1 aliphatic heterocycles. The monoisotopic (exact) mass is 459 g/mol. The Morgan fingerprint density at radius 2 is 2.25 bits per heavy atom. The molecule has 3 amide bonds. The number of likely N-dealkylation sites (N-methyl/N-ethyl adjacent to an activating group) is 1. The number of nitrogens with one attached hydrogen (secondary N) is 2. The number of aromatic amines is 1. The second-order valence-electron chi connectivity index (χ2n) is 7.94. The van der Waals surface area contributed by atoms with Crippen LogP contribution in [0, 0.1) is 0 Å². The van der Waals surface area contributed by atoms with Gasteiger partial charge in [-0.05, 0) is 37.1 Å². The van der Waals surface area contributed by atoms with Gasteiger partial charge in [0.2, 0.25) is 0 Å². The van der Waals surface area contributed by atoms with Crippen molar-refractivity contribution in [2.75, 3.05) is 27.2 Å². The Kier molecular flexibility index (Phi) is 6.66. The fourth-order valence-corrected chi connectivity index (χ4v) is 4.20. The summed E-state index contributed by atoms with van der Waals surface area (Å²) >= 11 is 6.04. The van der Waals surface area contributed by atoms with E-state index >= 15 is 0 Å². The number of aromatic nitrogens is 2. The van der Waals surface area contributed by atoms with Crippen LogP contribution in [0.2, 0.25) is 5.02 Å². The van der Waals surface area contributed by atoms with Crippen molar-refractivity contribution in [3.8, 4) is 0 Å². The maximum absolute atomic E-state index is 13.0. The van der Waals surface area contributed by atoms with Crippen LogP contribution in [0.15, 0.2) is 35.0 Å². The Hall–Kier alpha value is -3.04. The number of hydrogen-bond donors (Lipinski definition) is 2. The second kappa shape index (κ2) is 9.62. The Balaban J connectivity index is 1.35. The largest absolute Gasteiger partial charge is 0.377 e.